The highest BCUT2D eigenvalue weighted by atomic mass is 16.5. The number of nitriles is 1. The second kappa shape index (κ2) is 5.98. The van der Waals surface area contributed by atoms with E-state index in [9.17, 15) is 5.11 Å². The molecular weight excluding hydrogens is 240 g/mol. The lowest BCUT2D eigenvalue weighted by atomic mass is 10.2. The number of aliphatic hydroxyl groups excluding tert-OH is 1. The van der Waals surface area contributed by atoms with Gasteiger partial charge in [-0.25, -0.2) is 0 Å². The molecule has 0 aliphatic carbocycles. The number of hydrogen-bond acceptors (Lipinski definition) is 4. The molecule has 4 nitrogen and oxygen atoms in total. The number of rotatable bonds is 4. The fraction of sp³-hybridized carbons (Fsp3) is 0.200. The SMILES string of the molecule is C[C@@H](O)c1ccc(Oc2ccc(CC#N)cc2)cn1. The lowest BCUT2D eigenvalue weighted by Crippen LogP contribution is -1.95. The van der Waals surface area contributed by atoms with Crippen molar-refractivity contribution in [3.05, 3.63) is 53.9 Å². The van der Waals surface area contributed by atoms with Gasteiger partial charge in [0.15, 0.2) is 0 Å². The van der Waals surface area contributed by atoms with Crippen LogP contribution in [0.4, 0.5) is 0 Å². The van der Waals surface area contributed by atoms with Crippen molar-refractivity contribution in [3.63, 3.8) is 0 Å². The first-order chi connectivity index (χ1) is 9.19. The van der Waals surface area contributed by atoms with E-state index in [2.05, 4.69) is 11.1 Å². The van der Waals surface area contributed by atoms with Gasteiger partial charge in [-0.1, -0.05) is 12.1 Å². The van der Waals surface area contributed by atoms with Crippen LogP contribution in [0.5, 0.6) is 11.5 Å². The Bertz CT molecular complexity index is 569. The van der Waals surface area contributed by atoms with Crippen LogP contribution in [-0.4, -0.2) is 10.1 Å². The molecule has 0 bridgehead atoms. The van der Waals surface area contributed by atoms with Crippen molar-refractivity contribution in [3.8, 4) is 17.6 Å². The second-order valence-electron chi connectivity index (χ2n) is 4.18. The number of benzene rings is 1. The highest BCUT2D eigenvalue weighted by Gasteiger charge is 2.03. The first-order valence-corrected chi connectivity index (χ1v) is 5.97. The van der Waals surface area contributed by atoms with E-state index in [4.69, 9.17) is 10.00 Å². The Hall–Kier alpha value is -2.38. The molecule has 0 aliphatic rings. The summed E-state index contributed by atoms with van der Waals surface area (Å²) in [4.78, 5) is 4.10. The average Bonchev–Trinajstić information content (AvgIpc) is 2.42. The Kier molecular flexibility index (Phi) is 4.11. The molecule has 1 atom stereocenters. The first-order valence-electron chi connectivity index (χ1n) is 5.97. The highest BCUT2D eigenvalue weighted by molar-refractivity contribution is 5.33. The number of nitrogens with zero attached hydrogens (tertiary/aromatic N) is 2. The maximum absolute atomic E-state index is 9.36. The molecule has 0 spiro atoms. The zero-order chi connectivity index (χ0) is 13.7. The Morgan fingerprint density at radius 1 is 1.21 bits per heavy atom. The van der Waals surface area contributed by atoms with Gasteiger partial charge in [0.1, 0.15) is 11.5 Å². The number of hydrogen-bond donors (Lipinski definition) is 1. The molecule has 96 valence electrons. The summed E-state index contributed by atoms with van der Waals surface area (Å²) in [5, 5.41) is 17.9. The fourth-order valence-corrected chi connectivity index (χ4v) is 1.60. The monoisotopic (exact) mass is 254 g/mol. The minimum absolute atomic E-state index is 0.394. The molecule has 4 heteroatoms. The van der Waals surface area contributed by atoms with E-state index in [1.165, 1.54) is 0 Å². The van der Waals surface area contributed by atoms with Crippen molar-refractivity contribution >= 4 is 0 Å². The Morgan fingerprint density at radius 2 is 1.89 bits per heavy atom. The fourth-order valence-electron chi connectivity index (χ4n) is 1.60. The molecule has 0 aliphatic heterocycles. The van der Waals surface area contributed by atoms with Crippen molar-refractivity contribution < 1.29 is 9.84 Å². The molecule has 0 fully saturated rings. The topological polar surface area (TPSA) is 66.1 Å². The van der Waals surface area contributed by atoms with Gasteiger partial charge in [-0.3, -0.25) is 4.98 Å². The average molecular weight is 254 g/mol. The number of pyridine rings is 1. The lowest BCUT2D eigenvalue weighted by Gasteiger charge is -2.07. The van der Waals surface area contributed by atoms with Gasteiger partial charge in [-0.15, -0.1) is 0 Å². The molecule has 0 saturated heterocycles. The van der Waals surface area contributed by atoms with Gasteiger partial charge < -0.3 is 9.84 Å². The number of ether oxygens (including phenoxy) is 1. The molecule has 2 rings (SSSR count). The van der Waals surface area contributed by atoms with E-state index in [0.29, 0.717) is 23.6 Å². The molecular formula is C15H14N2O2. The third-order valence-electron chi connectivity index (χ3n) is 2.63. The Labute approximate surface area is 111 Å². The van der Waals surface area contributed by atoms with Crippen LogP contribution in [0, 0.1) is 11.3 Å². The summed E-state index contributed by atoms with van der Waals surface area (Å²) in [6.45, 7) is 1.66. The van der Waals surface area contributed by atoms with Crippen molar-refractivity contribution in [2.24, 2.45) is 0 Å². The molecule has 0 saturated carbocycles. The summed E-state index contributed by atoms with van der Waals surface area (Å²) in [6, 6.07) is 12.9. The van der Waals surface area contributed by atoms with E-state index in [1.807, 2.05) is 24.3 Å². The van der Waals surface area contributed by atoms with E-state index in [-0.39, 0.29) is 0 Å². The maximum Gasteiger partial charge on any atom is 0.145 e. The number of aromatic nitrogens is 1. The molecule has 0 unspecified atom stereocenters. The van der Waals surface area contributed by atoms with Crippen LogP contribution >= 0.6 is 0 Å². The van der Waals surface area contributed by atoms with Gasteiger partial charge in [0.25, 0.3) is 0 Å². The zero-order valence-corrected chi connectivity index (χ0v) is 10.6. The van der Waals surface area contributed by atoms with Gasteiger partial charge in [-0.2, -0.15) is 5.26 Å². The van der Waals surface area contributed by atoms with Crippen molar-refractivity contribution in [2.75, 3.05) is 0 Å². The standard InChI is InChI=1S/C15H14N2O2/c1-11(18)15-7-6-14(10-17-15)19-13-4-2-12(3-5-13)8-9-16/h2-7,10-11,18H,8H2,1H3/t11-/m1/s1. The molecule has 1 heterocycles. The summed E-state index contributed by atoms with van der Waals surface area (Å²) < 4.78 is 5.62. The summed E-state index contributed by atoms with van der Waals surface area (Å²) in [6.07, 6.45) is 1.38. The summed E-state index contributed by atoms with van der Waals surface area (Å²) in [5.41, 5.74) is 1.56. The molecule has 0 amide bonds. The van der Waals surface area contributed by atoms with Crippen LogP contribution in [0.3, 0.4) is 0 Å². The normalized spacial score (nSPS) is 11.6. The smallest absolute Gasteiger partial charge is 0.145 e. The van der Waals surface area contributed by atoms with Crippen molar-refractivity contribution in [1.82, 2.24) is 4.98 Å². The van der Waals surface area contributed by atoms with Crippen LogP contribution in [0.15, 0.2) is 42.6 Å². The quantitative estimate of drug-likeness (QED) is 0.910. The maximum atomic E-state index is 9.36. The third-order valence-corrected chi connectivity index (χ3v) is 2.63. The predicted octanol–water partition coefficient (Wildman–Crippen LogP) is 2.99. The van der Waals surface area contributed by atoms with Gasteiger partial charge in [0, 0.05) is 0 Å². The number of aliphatic hydroxyl groups is 1. The van der Waals surface area contributed by atoms with Crippen LogP contribution in [-0.2, 0) is 6.42 Å². The van der Waals surface area contributed by atoms with Crippen LogP contribution < -0.4 is 4.74 Å². The highest BCUT2D eigenvalue weighted by Crippen LogP contribution is 2.22. The minimum Gasteiger partial charge on any atom is -0.456 e. The molecule has 19 heavy (non-hydrogen) atoms. The predicted molar refractivity (Wildman–Crippen MR) is 70.7 cm³/mol. The molecule has 1 aromatic carbocycles. The molecule has 1 aromatic heterocycles. The van der Waals surface area contributed by atoms with Crippen molar-refractivity contribution in [1.29, 1.82) is 5.26 Å². The largest absolute Gasteiger partial charge is 0.456 e. The van der Waals surface area contributed by atoms with Gasteiger partial charge >= 0.3 is 0 Å². The third kappa shape index (κ3) is 3.54. The van der Waals surface area contributed by atoms with E-state index in [0.717, 1.165) is 5.56 Å². The molecule has 2 aromatic rings. The minimum atomic E-state index is -0.584. The van der Waals surface area contributed by atoms with Crippen LogP contribution in [0.2, 0.25) is 0 Å². The van der Waals surface area contributed by atoms with Gasteiger partial charge in [0.2, 0.25) is 0 Å². The van der Waals surface area contributed by atoms with Gasteiger partial charge in [-0.05, 0) is 36.8 Å². The molecule has 1 N–H and O–H groups in total. The van der Waals surface area contributed by atoms with E-state index < -0.39 is 6.10 Å². The summed E-state index contributed by atoms with van der Waals surface area (Å²) >= 11 is 0. The Balaban J connectivity index is 2.06. The van der Waals surface area contributed by atoms with Crippen molar-refractivity contribution in [2.45, 2.75) is 19.4 Å². The Morgan fingerprint density at radius 3 is 2.42 bits per heavy atom. The van der Waals surface area contributed by atoms with E-state index >= 15 is 0 Å². The van der Waals surface area contributed by atoms with Gasteiger partial charge in [0.05, 0.1) is 30.5 Å². The second-order valence-corrected chi connectivity index (χ2v) is 4.18. The van der Waals surface area contributed by atoms with E-state index in [1.54, 1.807) is 25.3 Å². The summed E-state index contributed by atoms with van der Waals surface area (Å²) in [5.74, 6) is 1.30. The van der Waals surface area contributed by atoms with Crippen LogP contribution in [0.1, 0.15) is 24.3 Å². The van der Waals surface area contributed by atoms with Crippen LogP contribution in [0.25, 0.3) is 0 Å². The first kappa shape index (κ1) is 13.1. The summed E-state index contributed by atoms with van der Waals surface area (Å²) in [7, 11) is 0. The lowest BCUT2D eigenvalue weighted by molar-refractivity contribution is 0.194. The zero-order valence-electron chi connectivity index (χ0n) is 10.6. The molecule has 0 radical (unpaired) electrons.